The second kappa shape index (κ2) is 38.0. The Labute approximate surface area is 519 Å². The van der Waals surface area contributed by atoms with E-state index in [2.05, 4.69) is 147 Å². The second-order valence-corrected chi connectivity index (χ2v) is 52.1. The third kappa shape index (κ3) is 30.5. The van der Waals surface area contributed by atoms with Gasteiger partial charge in [0, 0.05) is 30.4 Å². The fraction of sp³-hybridized carbons (Fsp3) is 0.877. The van der Waals surface area contributed by atoms with Gasteiger partial charge in [0.2, 0.25) is 0 Å². The number of amides is 2. The Bertz CT molecular complexity index is 1790. The largest absolute Gasteiger partial charge is 0.414 e. The number of rotatable bonds is 7. The van der Waals surface area contributed by atoms with Gasteiger partial charge in [0.15, 0.2) is 32.3 Å². The van der Waals surface area contributed by atoms with E-state index in [0.717, 1.165) is 116 Å². The summed E-state index contributed by atoms with van der Waals surface area (Å²) in [6.45, 7) is 45.6. The lowest BCUT2D eigenvalue weighted by atomic mass is 9.94. The van der Waals surface area contributed by atoms with Gasteiger partial charge >= 0.3 is 0 Å². The molecule has 4 saturated carbocycles. The quantitative estimate of drug-likeness (QED) is 0.0494. The molecule has 0 spiro atoms. The van der Waals surface area contributed by atoms with Crippen LogP contribution in [0.4, 0.5) is 0 Å². The highest BCUT2D eigenvalue weighted by atomic mass is 35.6. The number of imide groups is 1. The van der Waals surface area contributed by atoms with Crippen molar-refractivity contribution >= 4 is 55.2 Å². The fourth-order valence-electron chi connectivity index (χ4n) is 9.80. The van der Waals surface area contributed by atoms with Crippen molar-refractivity contribution < 1.29 is 43.7 Å². The summed E-state index contributed by atoms with van der Waals surface area (Å²) in [6.07, 6.45) is 25.8. The molecule has 1 aromatic rings. The molecule has 1 aliphatic heterocycles. The molecule has 0 bridgehead atoms. The maximum atomic E-state index is 12.8. The van der Waals surface area contributed by atoms with Crippen LogP contribution in [0.3, 0.4) is 0 Å². The molecule has 6 rings (SSSR count). The van der Waals surface area contributed by atoms with E-state index in [1.807, 2.05) is 12.1 Å². The minimum absolute atomic E-state index is 0. The van der Waals surface area contributed by atoms with Gasteiger partial charge in [-0.2, -0.15) is 11.1 Å². The predicted octanol–water partition coefficient (Wildman–Crippen LogP) is 16.5. The molecule has 0 aromatic heterocycles. The standard InChI is InChI=1S/C22H33NO3Si.C14H31NOSi.C14H30O2Si.C8H16O2.C6H15ClSi.CH4.H4N2.H2O/c1-22(2,3)27(4,5)26-17-12-8-10-16(11-9-13-17)23-20(24)18-14-6-7-15-19(18)21(23)25;2*1-14(2,3)17(4,5)16-13-10-6-8-12(15)9-7-11-13;9-7-3-1-4-8(10)6-2-5-7;1-6(2,3)8(4,5)7;;1-2;/h6-7,14-17H,8-13H2,1-5H3;12-13H,6-11,15H2,1-5H3;12-13,15H,6-11H2,1-5H3;7-10H,1-6H2;1-5H3;1H4;1-2H2;1H2. The van der Waals surface area contributed by atoms with E-state index in [1.54, 1.807) is 12.1 Å². The van der Waals surface area contributed by atoms with Gasteiger partial charge in [-0.3, -0.25) is 26.2 Å². The van der Waals surface area contributed by atoms with Crippen molar-refractivity contribution in [3.63, 3.8) is 0 Å². The Morgan fingerprint density at radius 3 is 0.892 bits per heavy atom. The molecule has 5 aliphatic rings. The van der Waals surface area contributed by atoms with Crippen molar-refractivity contribution in [1.29, 1.82) is 0 Å². The van der Waals surface area contributed by atoms with Crippen LogP contribution in [0.5, 0.6) is 0 Å². The van der Waals surface area contributed by atoms with E-state index in [9.17, 15) is 24.9 Å². The van der Waals surface area contributed by atoms with Crippen LogP contribution in [0.15, 0.2) is 24.3 Å². The summed E-state index contributed by atoms with van der Waals surface area (Å²) in [5, 5.41) is 29.3. The van der Waals surface area contributed by atoms with Crippen molar-refractivity contribution in [1.82, 2.24) is 4.90 Å². The number of nitrogens with zero attached hydrogens (tertiary/aromatic N) is 1. The Morgan fingerprint density at radius 2 is 0.663 bits per heavy atom. The molecule has 13 nitrogen and oxygen atoms in total. The number of hydrogen-bond donors (Lipinski definition) is 6. The summed E-state index contributed by atoms with van der Waals surface area (Å²) >= 11 is 6.15. The highest BCUT2D eigenvalue weighted by Gasteiger charge is 2.43. The van der Waals surface area contributed by atoms with E-state index in [0.29, 0.717) is 50.6 Å². The summed E-state index contributed by atoms with van der Waals surface area (Å²) < 4.78 is 19.6. The molecule has 11 N–H and O–H groups in total. The van der Waals surface area contributed by atoms with Gasteiger partial charge in [-0.25, -0.2) is 0 Å². The Hall–Kier alpha value is -0.882. The molecule has 492 valence electrons. The molecule has 0 saturated heterocycles. The van der Waals surface area contributed by atoms with E-state index < -0.39 is 32.3 Å². The molecule has 0 atom stereocenters. The minimum atomic E-state index is -1.76. The molecule has 4 fully saturated rings. The zero-order valence-electron chi connectivity index (χ0n) is 56.3. The highest BCUT2D eigenvalue weighted by molar-refractivity contribution is 7.20. The second-order valence-electron chi connectivity index (χ2n) is 30.6. The van der Waals surface area contributed by atoms with Crippen LogP contribution < -0.4 is 17.4 Å². The van der Waals surface area contributed by atoms with Crippen molar-refractivity contribution in [3.8, 4) is 0 Å². The Morgan fingerprint density at radius 1 is 0.446 bits per heavy atom. The van der Waals surface area contributed by atoms with Crippen LogP contribution >= 0.6 is 11.1 Å². The highest BCUT2D eigenvalue weighted by Crippen LogP contribution is 2.42. The number of aliphatic hydroxyl groups excluding tert-OH is 3. The number of fused-ring (bicyclic) bond motifs is 1. The Balaban J connectivity index is 0. The zero-order valence-corrected chi connectivity index (χ0v) is 61.1. The van der Waals surface area contributed by atoms with E-state index >= 15 is 0 Å². The van der Waals surface area contributed by atoms with Crippen molar-refractivity contribution in [2.75, 3.05) is 0 Å². The molecule has 1 heterocycles. The molecule has 2 amide bonds. The molecule has 83 heavy (non-hydrogen) atoms. The van der Waals surface area contributed by atoms with Crippen molar-refractivity contribution in [2.24, 2.45) is 17.4 Å². The summed E-state index contributed by atoms with van der Waals surface area (Å²) in [5.41, 5.74) is 7.13. The number of nitrogens with two attached hydrogens (primary N) is 3. The number of carbonyl (C=O) groups is 2. The third-order valence-electron chi connectivity index (χ3n) is 19.4. The molecular formula is C65H135ClN4O9Si4. The van der Waals surface area contributed by atoms with E-state index in [1.165, 1.54) is 43.4 Å². The maximum absolute atomic E-state index is 12.8. The van der Waals surface area contributed by atoms with E-state index in [-0.39, 0.29) is 54.1 Å². The SMILES string of the molecule is C.CC(C)(C)[Si](C)(C)Cl.CC(C)(C)[Si](C)(C)OC1CCCC(N)CCC1.CC(C)(C)[Si](C)(C)OC1CCCC(N2C(=O)c3ccccc3C2=O)CCC1.CC(C)(C)[Si](C)(C)OC1CCCC(O)CCC1.NN.O.OC1CCCC(O)CCC1. The normalized spacial score (nSPS) is 25.6. The summed E-state index contributed by atoms with van der Waals surface area (Å²) in [4.78, 5) is 27.0. The van der Waals surface area contributed by atoms with Crippen LogP contribution in [0, 0.1) is 0 Å². The van der Waals surface area contributed by atoms with Gasteiger partial charge in [-0.1, -0.05) is 116 Å². The number of aliphatic hydroxyl groups is 3. The first-order valence-corrected chi connectivity index (χ1v) is 44.7. The van der Waals surface area contributed by atoms with Gasteiger partial charge in [0.1, 0.15) is 0 Å². The average molecular weight is 1260 g/mol. The van der Waals surface area contributed by atoms with Crippen LogP contribution in [-0.2, 0) is 13.3 Å². The summed E-state index contributed by atoms with van der Waals surface area (Å²) in [7, 11) is -6.33. The number of hydrogen-bond acceptors (Lipinski definition) is 11. The molecule has 0 unspecified atom stereocenters. The van der Waals surface area contributed by atoms with Crippen LogP contribution in [0.1, 0.15) is 265 Å². The van der Waals surface area contributed by atoms with Gasteiger partial charge in [0.25, 0.3) is 11.8 Å². The minimum Gasteiger partial charge on any atom is -0.414 e. The van der Waals surface area contributed by atoms with Gasteiger partial charge in [-0.05, 0) is 226 Å². The monoisotopic (exact) mass is 1260 g/mol. The third-order valence-corrected chi connectivity index (χ3v) is 38.3. The average Bonchev–Trinajstić information content (AvgIpc) is 3.55. The number of carbonyl (C=O) groups excluding carboxylic acids is 2. The first-order valence-electron chi connectivity index (χ1n) is 31.9. The maximum Gasteiger partial charge on any atom is 0.261 e. The number of benzene rings is 1. The first kappa shape index (κ1) is 84.2. The lowest BCUT2D eigenvalue weighted by Crippen LogP contribution is -2.45. The number of halogens is 1. The van der Waals surface area contributed by atoms with E-state index in [4.69, 9.17) is 30.1 Å². The first-order chi connectivity index (χ1) is 37.1. The predicted molar refractivity (Wildman–Crippen MR) is 366 cm³/mol. The van der Waals surface area contributed by atoms with Gasteiger partial charge in [0.05, 0.1) is 29.4 Å². The lowest BCUT2D eigenvalue weighted by Gasteiger charge is -2.40. The molecule has 18 heteroatoms. The molecular weight excluding hydrogens is 1130 g/mol. The lowest BCUT2D eigenvalue weighted by molar-refractivity contribution is 0.0540. The van der Waals surface area contributed by atoms with Crippen molar-refractivity contribution in [3.05, 3.63) is 35.4 Å². The smallest absolute Gasteiger partial charge is 0.261 e. The van der Waals surface area contributed by atoms with Gasteiger partial charge in [-0.15, -0.1) is 0 Å². The molecule has 4 aliphatic carbocycles. The van der Waals surface area contributed by atoms with Crippen LogP contribution in [0.2, 0.25) is 72.5 Å². The van der Waals surface area contributed by atoms with Gasteiger partial charge < -0.3 is 39.8 Å². The Kier molecular flexibility index (Phi) is 38.5. The summed E-state index contributed by atoms with van der Waals surface area (Å²) in [5.74, 6) is 7.77. The molecule has 1 aromatic carbocycles. The van der Waals surface area contributed by atoms with Crippen LogP contribution in [-0.4, -0.2) is 119 Å². The summed E-state index contributed by atoms with van der Waals surface area (Å²) in [6, 6.07) is 7.64. The topological polar surface area (TPSA) is 235 Å². The van der Waals surface area contributed by atoms with Crippen molar-refractivity contribution in [2.45, 2.75) is 366 Å². The zero-order chi connectivity index (χ0) is 62.4. The number of hydrazine groups is 1. The fourth-order valence-corrected chi connectivity index (χ4v) is 14.1. The van der Waals surface area contributed by atoms with Crippen LogP contribution in [0.25, 0.3) is 0 Å². The molecule has 0 radical (unpaired) electrons.